The molecule has 22 heavy (non-hydrogen) atoms. The van der Waals surface area contributed by atoms with E-state index in [0.29, 0.717) is 11.4 Å². The summed E-state index contributed by atoms with van der Waals surface area (Å²) < 4.78 is 20.5. The number of esters is 1. The van der Waals surface area contributed by atoms with Crippen molar-refractivity contribution in [2.24, 2.45) is 5.92 Å². The lowest BCUT2D eigenvalue weighted by molar-refractivity contribution is 0.0524. The Hall–Kier alpha value is -1.88. The Balaban J connectivity index is 2.31. The smallest absolute Gasteiger partial charge is 0.343 e. The van der Waals surface area contributed by atoms with E-state index in [0.717, 1.165) is 12.5 Å². The summed E-state index contributed by atoms with van der Waals surface area (Å²) in [5, 5.41) is 0.101. The molecule has 116 valence electrons. The third kappa shape index (κ3) is 2.39. The molecule has 1 fully saturated rings. The van der Waals surface area contributed by atoms with E-state index in [1.807, 2.05) is 4.57 Å². The van der Waals surface area contributed by atoms with E-state index >= 15 is 0 Å². The van der Waals surface area contributed by atoms with Gasteiger partial charge >= 0.3 is 5.97 Å². The molecular weight excluding hydrogens is 309 g/mol. The van der Waals surface area contributed by atoms with Crippen molar-refractivity contribution in [3.63, 3.8) is 0 Å². The van der Waals surface area contributed by atoms with Crippen LogP contribution in [0.15, 0.2) is 23.1 Å². The standard InChI is InChI=1S/C16H15ClFNO3/c1-3-22-16(21)10-7-19(13-4-8(13)2)14-6-11(17)12(18)5-9(14)15(10)20/h5-8,13H,3-4H2,1-2H3. The van der Waals surface area contributed by atoms with Crippen molar-refractivity contribution in [1.29, 1.82) is 0 Å². The number of fused-ring (bicyclic) bond motifs is 1. The van der Waals surface area contributed by atoms with Gasteiger partial charge in [-0.15, -0.1) is 0 Å². The Labute approximate surface area is 131 Å². The predicted molar refractivity (Wildman–Crippen MR) is 82.0 cm³/mol. The maximum atomic E-state index is 13.7. The number of aromatic nitrogens is 1. The molecule has 0 radical (unpaired) electrons. The van der Waals surface area contributed by atoms with Crippen molar-refractivity contribution in [3.05, 3.63) is 45.0 Å². The summed E-state index contributed by atoms with van der Waals surface area (Å²) in [6.07, 6.45) is 2.44. The molecule has 1 aliphatic carbocycles. The first-order valence-electron chi connectivity index (χ1n) is 7.15. The van der Waals surface area contributed by atoms with Gasteiger partial charge in [-0.3, -0.25) is 4.79 Å². The number of hydrogen-bond donors (Lipinski definition) is 0. The maximum absolute atomic E-state index is 13.7. The monoisotopic (exact) mass is 323 g/mol. The molecule has 1 aliphatic rings. The molecule has 6 heteroatoms. The van der Waals surface area contributed by atoms with Crippen molar-refractivity contribution >= 4 is 28.5 Å². The summed E-state index contributed by atoms with van der Waals surface area (Å²) in [5.74, 6) is -0.931. The highest BCUT2D eigenvalue weighted by molar-refractivity contribution is 6.31. The average Bonchev–Trinajstić information content (AvgIpc) is 3.18. The molecule has 2 aromatic rings. The second kappa shape index (κ2) is 5.39. The SMILES string of the molecule is CCOC(=O)c1cn(C2CC2C)c2cc(Cl)c(F)cc2c1=O. The van der Waals surface area contributed by atoms with E-state index in [1.54, 1.807) is 6.92 Å². The highest BCUT2D eigenvalue weighted by Gasteiger charge is 2.35. The molecule has 4 nitrogen and oxygen atoms in total. The Morgan fingerprint density at radius 2 is 2.18 bits per heavy atom. The number of halogens is 2. The van der Waals surface area contributed by atoms with Crippen molar-refractivity contribution < 1.29 is 13.9 Å². The zero-order valence-corrected chi connectivity index (χ0v) is 13.0. The molecule has 0 N–H and O–H groups in total. The van der Waals surface area contributed by atoms with Gasteiger partial charge < -0.3 is 9.30 Å². The molecule has 0 bridgehead atoms. The fraction of sp³-hybridized carbons (Fsp3) is 0.375. The second-order valence-electron chi connectivity index (χ2n) is 5.56. The van der Waals surface area contributed by atoms with Crippen molar-refractivity contribution in [2.45, 2.75) is 26.3 Å². The Morgan fingerprint density at radius 1 is 1.50 bits per heavy atom. The zero-order chi connectivity index (χ0) is 16.0. The van der Waals surface area contributed by atoms with Gasteiger partial charge in [-0.05, 0) is 31.4 Å². The third-order valence-corrected chi connectivity index (χ3v) is 4.28. The number of rotatable bonds is 3. The number of ether oxygens (including phenoxy) is 1. The first kappa shape index (κ1) is 15.0. The van der Waals surface area contributed by atoms with Crippen LogP contribution in [0.1, 0.15) is 36.7 Å². The summed E-state index contributed by atoms with van der Waals surface area (Å²) in [7, 11) is 0. The first-order chi connectivity index (χ1) is 10.4. The largest absolute Gasteiger partial charge is 0.462 e. The second-order valence-corrected chi connectivity index (χ2v) is 5.97. The van der Waals surface area contributed by atoms with Crippen LogP contribution in [0.4, 0.5) is 4.39 Å². The van der Waals surface area contributed by atoms with Crippen molar-refractivity contribution in [3.8, 4) is 0 Å². The van der Waals surface area contributed by atoms with Crippen LogP contribution in [0.2, 0.25) is 5.02 Å². The molecule has 1 heterocycles. The molecule has 1 aromatic heterocycles. The summed E-state index contributed by atoms with van der Waals surface area (Å²) in [6, 6.07) is 2.71. The molecule has 0 spiro atoms. The molecule has 1 saturated carbocycles. The van der Waals surface area contributed by atoms with Crippen molar-refractivity contribution in [1.82, 2.24) is 4.57 Å². The lowest BCUT2D eigenvalue weighted by Crippen LogP contribution is -2.21. The number of carbonyl (C=O) groups excluding carboxylic acids is 1. The highest BCUT2D eigenvalue weighted by atomic mass is 35.5. The van der Waals surface area contributed by atoms with Gasteiger partial charge in [0.1, 0.15) is 11.4 Å². The lowest BCUT2D eigenvalue weighted by atomic mass is 10.1. The minimum atomic E-state index is -0.688. The fourth-order valence-electron chi connectivity index (χ4n) is 2.66. The first-order valence-corrected chi connectivity index (χ1v) is 7.52. The van der Waals surface area contributed by atoms with E-state index in [9.17, 15) is 14.0 Å². The normalized spacial score (nSPS) is 20.2. The summed E-state index contributed by atoms with van der Waals surface area (Å²) in [5.41, 5.74) is -0.0671. The zero-order valence-electron chi connectivity index (χ0n) is 12.2. The number of benzene rings is 1. The topological polar surface area (TPSA) is 48.3 Å². The van der Waals surface area contributed by atoms with E-state index in [2.05, 4.69) is 6.92 Å². The minimum absolute atomic E-state index is 0.0437. The van der Waals surface area contributed by atoms with Crippen LogP contribution in [0.3, 0.4) is 0 Å². The molecule has 0 aliphatic heterocycles. The molecule has 0 amide bonds. The Bertz CT molecular complexity index is 830. The molecule has 2 atom stereocenters. The summed E-state index contributed by atoms with van der Waals surface area (Å²) in [4.78, 5) is 24.4. The van der Waals surface area contributed by atoms with Gasteiger partial charge in [-0.1, -0.05) is 18.5 Å². The number of hydrogen-bond acceptors (Lipinski definition) is 3. The van der Waals surface area contributed by atoms with Crippen LogP contribution in [0.25, 0.3) is 10.9 Å². The van der Waals surface area contributed by atoms with E-state index in [4.69, 9.17) is 16.3 Å². The van der Waals surface area contributed by atoms with Crippen LogP contribution < -0.4 is 5.43 Å². The summed E-state index contributed by atoms with van der Waals surface area (Å²) in [6.45, 7) is 3.91. The van der Waals surface area contributed by atoms with Crippen LogP contribution in [0.5, 0.6) is 0 Å². The molecule has 0 saturated heterocycles. The summed E-state index contributed by atoms with van der Waals surface area (Å²) >= 11 is 5.84. The maximum Gasteiger partial charge on any atom is 0.343 e. The van der Waals surface area contributed by atoms with Gasteiger partial charge in [0.05, 0.1) is 17.1 Å². The number of nitrogens with zero attached hydrogens (tertiary/aromatic N) is 1. The highest BCUT2D eigenvalue weighted by Crippen LogP contribution is 2.44. The molecule has 3 rings (SSSR count). The van der Waals surface area contributed by atoms with Crippen LogP contribution in [-0.4, -0.2) is 17.1 Å². The number of carbonyl (C=O) groups is 1. The van der Waals surface area contributed by atoms with Gasteiger partial charge in [0.2, 0.25) is 5.43 Å². The van der Waals surface area contributed by atoms with Crippen LogP contribution >= 0.6 is 11.6 Å². The van der Waals surface area contributed by atoms with E-state index < -0.39 is 17.2 Å². The van der Waals surface area contributed by atoms with Gasteiger partial charge in [-0.25, -0.2) is 9.18 Å². The van der Waals surface area contributed by atoms with Crippen LogP contribution in [-0.2, 0) is 4.74 Å². The number of pyridine rings is 1. The van der Waals surface area contributed by atoms with Gasteiger partial charge in [0.15, 0.2) is 0 Å². The van der Waals surface area contributed by atoms with Gasteiger partial charge in [0, 0.05) is 17.6 Å². The van der Waals surface area contributed by atoms with E-state index in [1.165, 1.54) is 12.3 Å². The van der Waals surface area contributed by atoms with Crippen molar-refractivity contribution in [2.75, 3.05) is 6.61 Å². The van der Waals surface area contributed by atoms with Gasteiger partial charge in [0.25, 0.3) is 0 Å². The molecule has 2 unspecified atom stereocenters. The minimum Gasteiger partial charge on any atom is -0.462 e. The Morgan fingerprint density at radius 3 is 2.77 bits per heavy atom. The van der Waals surface area contributed by atoms with Crippen LogP contribution in [0, 0.1) is 11.7 Å². The van der Waals surface area contributed by atoms with Gasteiger partial charge in [-0.2, -0.15) is 0 Å². The molecular formula is C16H15ClFNO3. The quantitative estimate of drug-likeness (QED) is 0.812. The fourth-order valence-corrected chi connectivity index (χ4v) is 2.82. The Kier molecular flexibility index (Phi) is 3.68. The molecule has 1 aromatic carbocycles. The average molecular weight is 324 g/mol. The predicted octanol–water partition coefficient (Wildman–Crippen LogP) is 3.55. The third-order valence-electron chi connectivity index (χ3n) is 3.99. The van der Waals surface area contributed by atoms with E-state index in [-0.39, 0.29) is 28.6 Å². The lowest BCUT2D eigenvalue weighted by Gasteiger charge is -2.13.